The maximum absolute atomic E-state index is 4.76. The molecule has 1 aromatic carbocycles. The Morgan fingerprint density at radius 1 is 1.05 bits per heavy atom. The molecule has 0 fully saturated rings. The minimum absolute atomic E-state index is 0.753. The van der Waals surface area contributed by atoms with Crippen LogP contribution >= 0.6 is 0 Å². The number of pyridine rings is 1. The average Bonchev–Trinajstić information content (AvgIpc) is 2.61. The van der Waals surface area contributed by atoms with Crippen LogP contribution in [0.5, 0.6) is 0 Å². The Morgan fingerprint density at radius 3 is 2.68 bits per heavy atom. The largest absolute Gasteiger partial charge is 0.383 e. The Kier molecular flexibility index (Phi) is 4.92. The van der Waals surface area contributed by atoms with Gasteiger partial charge in [-0.2, -0.15) is 0 Å². The molecule has 22 heavy (non-hydrogen) atoms. The lowest BCUT2D eigenvalue weighted by Gasteiger charge is -2.15. The van der Waals surface area contributed by atoms with E-state index in [1.807, 2.05) is 18.2 Å². The van der Waals surface area contributed by atoms with Gasteiger partial charge in [-0.1, -0.05) is 30.3 Å². The molecule has 0 saturated heterocycles. The van der Waals surface area contributed by atoms with Gasteiger partial charge in [0.2, 0.25) is 0 Å². The smallest absolute Gasteiger partial charge is 0.0856 e. The molecule has 0 unspecified atom stereocenters. The molecule has 1 N–H and O–H groups in total. The number of nitrogens with zero attached hydrogens (tertiary/aromatic N) is 3. The van der Waals surface area contributed by atoms with E-state index >= 15 is 0 Å². The van der Waals surface area contributed by atoms with Crippen LogP contribution in [0, 0.1) is 0 Å². The summed E-state index contributed by atoms with van der Waals surface area (Å²) in [6.07, 6.45) is 5.68. The molecule has 0 aliphatic carbocycles. The molecule has 112 valence electrons. The summed E-state index contributed by atoms with van der Waals surface area (Å²) in [7, 11) is 0. The monoisotopic (exact) mass is 292 g/mol. The van der Waals surface area contributed by atoms with Gasteiger partial charge < -0.3 is 5.32 Å². The normalized spacial score (nSPS) is 16.4. The van der Waals surface area contributed by atoms with E-state index in [9.17, 15) is 0 Å². The fraction of sp³-hybridized carbons (Fsp3) is 0.278. The predicted octanol–water partition coefficient (Wildman–Crippen LogP) is 3.22. The zero-order valence-corrected chi connectivity index (χ0v) is 12.6. The van der Waals surface area contributed by atoms with Crippen molar-refractivity contribution in [1.82, 2.24) is 4.98 Å². The minimum atomic E-state index is 0.753. The van der Waals surface area contributed by atoms with E-state index in [1.54, 1.807) is 12.4 Å². The van der Waals surface area contributed by atoms with Crippen molar-refractivity contribution < 1.29 is 0 Å². The topological polar surface area (TPSA) is 49.6 Å². The molecule has 0 atom stereocenters. The summed E-state index contributed by atoms with van der Waals surface area (Å²) in [5.74, 6) is 0. The summed E-state index contributed by atoms with van der Waals surface area (Å²) < 4.78 is 0. The molecule has 1 aliphatic rings. The summed E-state index contributed by atoms with van der Waals surface area (Å²) in [6.45, 7) is 2.47. The van der Waals surface area contributed by atoms with Crippen LogP contribution in [-0.2, 0) is 0 Å². The predicted molar refractivity (Wildman–Crippen MR) is 92.1 cm³/mol. The van der Waals surface area contributed by atoms with Crippen LogP contribution < -0.4 is 5.32 Å². The number of anilines is 1. The maximum Gasteiger partial charge on any atom is 0.0856 e. The molecule has 1 aliphatic heterocycles. The number of hydrogen-bond donors (Lipinski definition) is 1. The number of nitrogens with one attached hydrogen (secondary N) is 1. The lowest BCUT2D eigenvalue weighted by molar-refractivity contribution is 0.857. The van der Waals surface area contributed by atoms with Gasteiger partial charge in [-0.3, -0.25) is 15.0 Å². The van der Waals surface area contributed by atoms with Gasteiger partial charge in [-0.25, -0.2) is 0 Å². The van der Waals surface area contributed by atoms with E-state index in [2.05, 4.69) is 39.6 Å². The Bertz CT molecular complexity index is 647. The molecule has 4 nitrogen and oxygen atoms in total. The van der Waals surface area contributed by atoms with Crippen molar-refractivity contribution in [1.29, 1.82) is 0 Å². The van der Waals surface area contributed by atoms with Crippen molar-refractivity contribution in [3.63, 3.8) is 0 Å². The van der Waals surface area contributed by atoms with Gasteiger partial charge in [0.05, 0.1) is 18.0 Å². The van der Waals surface area contributed by atoms with Crippen molar-refractivity contribution in [3.05, 3.63) is 60.4 Å². The Morgan fingerprint density at radius 2 is 1.86 bits per heavy atom. The number of benzene rings is 1. The van der Waals surface area contributed by atoms with Crippen molar-refractivity contribution in [2.24, 2.45) is 9.98 Å². The van der Waals surface area contributed by atoms with Crippen LogP contribution in [0.25, 0.3) is 0 Å². The first-order valence-corrected chi connectivity index (χ1v) is 7.71. The number of aliphatic imine (C=N–C) groups is 2. The summed E-state index contributed by atoms with van der Waals surface area (Å²) in [6, 6.07) is 14.3. The molecule has 1 aromatic heterocycles. The van der Waals surface area contributed by atoms with Crippen molar-refractivity contribution in [2.45, 2.75) is 12.8 Å². The molecule has 3 rings (SSSR count). The molecule has 0 saturated carbocycles. The zero-order chi connectivity index (χ0) is 15.0. The quantitative estimate of drug-likeness (QED) is 0.860. The van der Waals surface area contributed by atoms with Crippen molar-refractivity contribution >= 4 is 17.1 Å². The van der Waals surface area contributed by atoms with Crippen LogP contribution in [0.1, 0.15) is 18.4 Å². The van der Waals surface area contributed by atoms with Crippen LogP contribution in [0.15, 0.2) is 64.8 Å². The van der Waals surface area contributed by atoms with Crippen LogP contribution in [-0.4, -0.2) is 36.0 Å². The highest BCUT2D eigenvalue weighted by Gasteiger charge is 2.14. The lowest BCUT2D eigenvalue weighted by Crippen LogP contribution is -2.22. The van der Waals surface area contributed by atoms with Gasteiger partial charge >= 0.3 is 0 Å². The molecule has 0 spiro atoms. The fourth-order valence-electron chi connectivity index (χ4n) is 2.52. The van der Waals surface area contributed by atoms with E-state index in [0.717, 1.165) is 49.6 Å². The molecule has 0 radical (unpaired) electrons. The van der Waals surface area contributed by atoms with Crippen molar-refractivity contribution in [2.75, 3.05) is 25.0 Å². The fourth-order valence-corrected chi connectivity index (χ4v) is 2.52. The highest BCUT2D eigenvalue weighted by Crippen LogP contribution is 2.12. The van der Waals surface area contributed by atoms with Gasteiger partial charge in [0.15, 0.2) is 0 Å². The SMILES string of the molecule is c1ccc(C2=NCCCC2=NCCNc2ccncc2)cc1. The Balaban J connectivity index is 1.62. The first-order valence-electron chi connectivity index (χ1n) is 7.71. The third kappa shape index (κ3) is 3.79. The average molecular weight is 292 g/mol. The molecule has 0 amide bonds. The standard InChI is InChI=1S/C18H20N4/c1-2-5-15(6-3-1)18-17(7-4-10-22-18)21-14-13-20-16-8-11-19-12-9-16/h1-3,5-6,8-9,11-12H,4,7,10,13-14H2,(H,19,20). The molecule has 0 bridgehead atoms. The van der Waals surface area contributed by atoms with E-state index < -0.39 is 0 Å². The summed E-state index contributed by atoms with van der Waals surface area (Å²) >= 11 is 0. The number of hydrogen-bond acceptors (Lipinski definition) is 4. The Labute approximate surface area is 131 Å². The molecular weight excluding hydrogens is 272 g/mol. The molecular formula is C18H20N4. The third-order valence-electron chi connectivity index (χ3n) is 3.59. The summed E-state index contributed by atoms with van der Waals surface area (Å²) in [5.41, 5.74) is 4.45. The van der Waals surface area contributed by atoms with Gasteiger partial charge in [-0.05, 0) is 25.0 Å². The maximum atomic E-state index is 4.76. The minimum Gasteiger partial charge on any atom is -0.383 e. The van der Waals surface area contributed by atoms with Gasteiger partial charge in [-0.15, -0.1) is 0 Å². The molecule has 4 heteroatoms. The van der Waals surface area contributed by atoms with Crippen LogP contribution in [0.2, 0.25) is 0 Å². The second kappa shape index (κ2) is 7.50. The molecule has 2 heterocycles. The number of aromatic nitrogens is 1. The number of rotatable bonds is 5. The highest BCUT2D eigenvalue weighted by atomic mass is 14.9. The van der Waals surface area contributed by atoms with Gasteiger partial charge in [0, 0.05) is 36.7 Å². The van der Waals surface area contributed by atoms with Crippen LogP contribution in [0.4, 0.5) is 5.69 Å². The van der Waals surface area contributed by atoms with Gasteiger partial charge in [0.1, 0.15) is 0 Å². The second-order valence-electron chi connectivity index (χ2n) is 5.19. The first kappa shape index (κ1) is 14.4. The van der Waals surface area contributed by atoms with Crippen molar-refractivity contribution in [3.8, 4) is 0 Å². The summed E-state index contributed by atoms with van der Waals surface area (Å²) in [5, 5.41) is 3.35. The van der Waals surface area contributed by atoms with E-state index in [1.165, 1.54) is 5.56 Å². The Hall–Kier alpha value is -2.49. The van der Waals surface area contributed by atoms with Gasteiger partial charge in [0.25, 0.3) is 0 Å². The van der Waals surface area contributed by atoms with E-state index in [0.29, 0.717) is 0 Å². The second-order valence-corrected chi connectivity index (χ2v) is 5.19. The van der Waals surface area contributed by atoms with E-state index in [4.69, 9.17) is 4.99 Å². The lowest BCUT2D eigenvalue weighted by atomic mass is 9.99. The van der Waals surface area contributed by atoms with E-state index in [-0.39, 0.29) is 0 Å². The zero-order valence-electron chi connectivity index (χ0n) is 12.6. The highest BCUT2D eigenvalue weighted by molar-refractivity contribution is 6.48. The summed E-state index contributed by atoms with van der Waals surface area (Å²) in [4.78, 5) is 13.4. The third-order valence-corrected chi connectivity index (χ3v) is 3.59. The first-order chi connectivity index (χ1) is 10.9. The molecule has 2 aromatic rings. The van der Waals surface area contributed by atoms with Crippen LogP contribution in [0.3, 0.4) is 0 Å².